The molecule has 5 aliphatic rings. The molecule has 6 unspecified atom stereocenters. The van der Waals surface area contributed by atoms with Crippen molar-refractivity contribution in [1.29, 1.82) is 0 Å². The molecule has 0 aromatic carbocycles. The SMILES string of the molecule is C=C[C@@H]1O[C@H](C=C)[C@@H]2C(=O)N(CCOCCN(Cc3cn(CCOCCO[C@@H]4OC(C(=O)[O-])[C@@H](O[C@H]5OC([CH2-])[C@@H](O)[C@H](O)C5[NH-])[C@H](O)C4O)nn3)C(=O)CCC(=O)NCCOCCO[C@H]3OC([CH2-])[C@@H](O)[CH-]C3[NH-])C(=O)[C@@H]21.O=S(=O)([O-])O.O=S(=O)([O-])O.O=S(=O)([O-])O.O=S(=O)=O.O=S(=O)=O.[Na+].[Na+].[Na+].[Na+].[Na+].[Na+]. The number of hydrogen-bond donors (Lipinski definition) is 9. The second-order valence-corrected chi connectivity index (χ2v) is 23.3. The summed E-state index contributed by atoms with van der Waals surface area (Å²) in [4.78, 5) is 67.3. The molecule has 6 rings (SSSR count). The van der Waals surface area contributed by atoms with E-state index in [9.17, 15) is 54.6 Å². The number of hydrogen-bond acceptors (Lipinski definition) is 38. The Morgan fingerprint density at radius 2 is 1.11 bits per heavy atom. The maximum atomic E-state index is 13.6. The summed E-state index contributed by atoms with van der Waals surface area (Å²) in [6.45, 7) is 14.9. The van der Waals surface area contributed by atoms with E-state index in [1.165, 1.54) is 28.2 Å². The Morgan fingerprint density at radius 3 is 1.60 bits per heavy atom. The van der Waals surface area contributed by atoms with Gasteiger partial charge in [0.25, 0.3) is 0 Å². The van der Waals surface area contributed by atoms with Crippen molar-refractivity contribution < 1.29 is 357 Å². The fourth-order valence-corrected chi connectivity index (χ4v) is 8.85. The van der Waals surface area contributed by atoms with Gasteiger partial charge in [-0.05, 0) is 6.10 Å². The minimum atomic E-state index is -4.92. The first kappa shape index (κ1) is 116. The third-order valence-electron chi connectivity index (χ3n) is 13.0. The van der Waals surface area contributed by atoms with Crippen molar-refractivity contribution in [2.24, 2.45) is 11.8 Å². The molecule has 105 heavy (non-hydrogen) atoms. The summed E-state index contributed by atoms with van der Waals surface area (Å²) in [5, 5.41) is 74.2. The van der Waals surface area contributed by atoms with E-state index in [2.05, 4.69) is 42.6 Å². The predicted octanol–water partition coefficient (Wildman–Crippen LogP) is -27.8. The van der Waals surface area contributed by atoms with E-state index in [-0.39, 0.29) is 276 Å². The number of aliphatic hydroxyl groups is 5. The largest absolute Gasteiger partial charge is 1.00 e. The number of carbonyl (C=O) groups excluding carboxylic acids is 5. The topological polar surface area (TPSA) is 733 Å². The van der Waals surface area contributed by atoms with E-state index in [1.807, 2.05) is 0 Å². The number of fused-ring (bicyclic) bond motifs is 1. The number of nitrogens with zero attached hydrogens (tertiary/aromatic N) is 5. The number of carbonyl (C=O) groups is 5. The molecule has 4 amide bonds. The number of rotatable bonds is 30. The fraction of sp³-hybridized carbons (Fsp3) is 0.702. The molecule has 5 fully saturated rings. The number of ether oxygens (including phenoxy) is 10. The molecule has 0 radical (unpaired) electrons. The van der Waals surface area contributed by atoms with Crippen LogP contribution in [0.4, 0.5) is 0 Å². The number of aliphatic carboxylic acids is 1. The Hall–Kier alpha value is 0.340. The molecule has 572 valence electrons. The quantitative estimate of drug-likeness (QED) is 0.00657. The first-order chi connectivity index (χ1) is 45.8. The number of likely N-dealkylation sites (tertiary alicyclic amines) is 1. The van der Waals surface area contributed by atoms with Gasteiger partial charge in [0.05, 0.1) is 121 Å². The Labute approximate surface area is 737 Å². The van der Waals surface area contributed by atoms with Gasteiger partial charge in [-0.25, -0.2) is 36.0 Å². The molecule has 58 heteroatoms. The van der Waals surface area contributed by atoms with Crippen molar-refractivity contribution in [3.05, 3.63) is 68.9 Å². The van der Waals surface area contributed by atoms with Crippen LogP contribution in [0.1, 0.15) is 18.5 Å². The number of carboxylic acid groups (broad SMARTS) is 1. The van der Waals surface area contributed by atoms with Crippen LogP contribution in [0, 0.1) is 32.1 Å². The van der Waals surface area contributed by atoms with Gasteiger partial charge in [0.15, 0.2) is 6.29 Å². The normalized spacial score (nSPS) is 27.1. The Balaban J connectivity index is -0.000000736. The van der Waals surface area contributed by atoms with Crippen LogP contribution in [0.2, 0.25) is 0 Å². The van der Waals surface area contributed by atoms with Crippen LogP contribution >= 0.6 is 0 Å². The number of aliphatic hydroxyl groups excluding tert-OH is 5. The first-order valence-corrected chi connectivity index (χ1v) is 33.8. The van der Waals surface area contributed by atoms with Crippen molar-refractivity contribution in [1.82, 2.24) is 30.1 Å². The molecule has 0 spiro atoms. The number of amides is 4. The molecule has 1 aromatic heterocycles. The van der Waals surface area contributed by atoms with Crippen LogP contribution in [-0.2, 0) is 137 Å². The van der Waals surface area contributed by atoms with Gasteiger partial charge < -0.3 is 138 Å². The van der Waals surface area contributed by atoms with Gasteiger partial charge in [0.1, 0.15) is 42.7 Å². The first-order valence-electron chi connectivity index (χ1n) is 27.7. The maximum Gasteiger partial charge on any atom is 1.00 e. The molecule has 47 nitrogen and oxygen atoms in total. The summed E-state index contributed by atoms with van der Waals surface area (Å²) in [5.41, 5.74) is 16.4. The predicted molar refractivity (Wildman–Crippen MR) is 308 cm³/mol. The summed E-state index contributed by atoms with van der Waals surface area (Å²) >= 11 is 0. The number of imide groups is 1. The number of carboxylic acids is 1. The summed E-state index contributed by atoms with van der Waals surface area (Å²) in [7, 11) is -21.0. The van der Waals surface area contributed by atoms with Gasteiger partial charge in [0.2, 0.25) is 54.8 Å². The van der Waals surface area contributed by atoms with E-state index in [4.69, 9.17) is 137 Å². The number of aromatic nitrogens is 3. The van der Waals surface area contributed by atoms with Crippen molar-refractivity contribution in [3.63, 3.8) is 0 Å². The zero-order chi connectivity index (χ0) is 75.9. The van der Waals surface area contributed by atoms with Crippen LogP contribution < -0.4 is 188 Å². The minimum Gasteiger partial charge on any atom is -0.726 e. The van der Waals surface area contributed by atoms with Crippen molar-refractivity contribution in [2.45, 2.75) is 124 Å². The molecule has 1 aromatic rings. The van der Waals surface area contributed by atoms with Gasteiger partial charge in [-0.2, -0.15) is 0 Å². The van der Waals surface area contributed by atoms with Crippen molar-refractivity contribution in [2.75, 3.05) is 72.5 Å². The molecule has 5 saturated heterocycles. The van der Waals surface area contributed by atoms with E-state index in [0.29, 0.717) is 5.69 Å². The average Bonchev–Trinajstić information content (AvgIpc) is 1.61. The average molecular weight is 1670 g/mol. The van der Waals surface area contributed by atoms with Gasteiger partial charge in [-0.15, -0.1) is 43.5 Å². The van der Waals surface area contributed by atoms with Crippen LogP contribution in [0.3, 0.4) is 0 Å². The van der Waals surface area contributed by atoms with E-state index in [1.54, 1.807) is 6.20 Å². The summed E-state index contributed by atoms with van der Waals surface area (Å²) in [6.07, 6.45) is -13.8. The zero-order valence-electron chi connectivity index (χ0n) is 57.1. The third kappa shape index (κ3) is 49.0. The Morgan fingerprint density at radius 1 is 0.657 bits per heavy atom. The standard InChI is InChI=1S/C47H69N8O21.6Na.3H2O4S.2O3S/c1-5-29-33-34(30(6-2)74-29)43(64)55(42(33)63)12-16-68-14-10-53(32(58)8-7-31(57)50-9-13-67-17-19-70-45-27(48)21-28(56)24(3)72-45)22-26-23-54(52-51-26)11-15-69-18-20-71-47-39(62)38(61)40(41(76-47)44(65)66)75-46-35(49)37(60)36(59)25(4)73-46;;;;;;;3*1-5(2,3)4;2*1-4(2)3/h5-6,21,23-25,27-30,33-41,45-49,56,59-62H,1-4,7-20,22H2,(H,50,57)(H,65,66);;;;;;;3*(H2,1,2,3,4);;/q-5;6*+1;;;;;/p-4/t24?,25?,27?,28-,29-,30+,33+,34-,35?,36+,37+,38+,39?,40-,41?,45-,46+,47+;;;;;;;;;;;/m0.........../s1. The molecular weight excluding hydrogens is 1600 g/mol. The van der Waals surface area contributed by atoms with Gasteiger partial charge in [0, 0.05) is 25.9 Å². The fourth-order valence-electron chi connectivity index (χ4n) is 8.85. The molecular formula is C47H71N8Na6O39S5-3. The van der Waals surface area contributed by atoms with E-state index >= 15 is 0 Å². The monoisotopic (exact) mass is 1670 g/mol. The Bertz CT molecular complexity index is 3190. The van der Waals surface area contributed by atoms with E-state index in [0.717, 1.165) is 4.90 Å². The molecule has 11 N–H and O–H groups in total. The third-order valence-corrected chi connectivity index (χ3v) is 13.0. The summed E-state index contributed by atoms with van der Waals surface area (Å²) < 4.78 is 206. The van der Waals surface area contributed by atoms with Crippen LogP contribution in [0.15, 0.2) is 31.5 Å². The maximum absolute atomic E-state index is 13.6. The number of nitrogens with one attached hydrogen (secondary N) is 3. The van der Waals surface area contributed by atoms with Crippen LogP contribution in [-0.4, -0.2) is 328 Å². The van der Waals surface area contributed by atoms with Gasteiger partial charge in [-0.3, -0.25) is 37.7 Å². The molecule has 0 saturated carbocycles. The van der Waals surface area contributed by atoms with Gasteiger partial charge in [-0.1, -0.05) is 35.6 Å². The molecule has 18 atom stereocenters. The summed E-state index contributed by atoms with van der Waals surface area (Å²) in [6, 6.07) is -2.53. The van der Waals surface area contributed by atoms with Crippen molar-refractivity contribution in [3.8, 4) is 0 Å². The van der Waals surface area contributed by atoms with Gasteiger partial charge >= 0.3 is 199 Å². The zero-order valence-corrected chi connectivity index (χ0v) is 73.2. The van der Waals surface area contributed by atoms with Crippen LogP contribution in [0.5, 0.6) is 0 Å². The smallest absolute Gasteiger partial charge is 0.726 e. The molecule has 5 aliphatic heterocycles. The van der Waals surface area contributed by atoms with E-state index < -0.39 is 192 Å². The second-order valence-electron chi connectivity index (χ2n) is 20.0. The second kappa shape index (κ2) is 59.1. The molecule has 0 aliphatic carbocycles. The minimum absolute atomic E-state index is 0. The van der Waals surface area contributed by atoms with Crippen molar-refractivity contribution >= 4 is 82.0 Å². The van der Waals surface area contributed by atoms with Crippen LogP contribution in [0.25, 0.3) is 11.5 Å². The molecule has 6 heterocycles. The Kier molecular flexibility index (Phi) is 65.4. The molecule has 0 bridgehead atoms. The summed E-state index contributed by atoms with van der Waals surface area (Å²) in [5.74, 6) is -4.89.